The van der Waals surface area contributed by atoms with Crippen molar-refractivity contribution >= 4 is 28.4 Å². The van der Waals surface area contributed by atoms with Gasteiger partial charge in [0.05, 0.1) is 11.4 Å². The Morgan fingerprint density at radius 3 is 2.42 bits per heavy atom. The lowest BCUT2D eigenvalue weighted by atomic mass is 9.95. The van der Waals surface area contributed by atoms with E-state index in [0.29, 0.717) is 13.1 Å². The van der Waals surface area contributed by atoms with Crippen molar-refractivity contribution in [2.75, 3.05) is 31.1 Å². The van der Waals surface area contributed by atoms with Gasteiger partial charge in [0.15, 0.2) is 11.5 Å². The molecule has 2 aromatic heterocycles. The zero-order valence-corrected chi connectivity index (χ0v) is 21.9. The number of nitrogens with zero attached hydrogens (tertiary/aromatic N) is 6. The Balaban J connectivity index is 1.36. The van der Waals surface area contributed by atoms with Crippen LogP contribution in [-0.4, -0.2) is 56.6 Å². The van der Waals surface area contributed by atoms with Crippen LogP contribution in [0.15, 0.2) is 78.9 Å². The number of para-hydroxylation sites is 1. The van der Waals surface area contributed by atoms with Gasteiger partial charge in [-0.1, -0.05) is 79.2 Å². The van der Waals surface area contributed by atoms with Gasteiger partial charge in [-0.25, -0.2) is 9.38 Å². The fraction of sp³-hybridized carbons (Fsp3) is 0.290. The minimum Gasteiger partial charge on any atom is -0.340 e. The Kier molecular flexibility index (Phi) is 6.50. The molecule has 1 aliphatic heterocycles. The number of carbonyl (C=O) groups is 1. The highest BCUT2D eigenvalue weighted by Crippen LogP contribution is 2.30. The Morgan fingerprint density at radius 1 is 0.868 bits per heavy atom. The van der Waals surface area contributed by atoms with Crippen molar-refractivity contribution in [3.05, 3.63) is 90.0 Å². The van der Waals surface area contributed by atoms with Gasteiger partial charge in [0.1, 0.15) is 0 Å². The molecule has 0 spiro atoms. The maximum atomic E-state index is 13.6. The number of hydrogen-bond donors (Lipinski definition) is 0. The predicted molar refractivity (Wildman–Crippen MR) is 151 cm³/mol. The number of aryl methyl sites for hydroxylation is 1. The van der Waals surface area contributed by atoms with Crippen molar-refractivity contribution in [2.24, 2.45) is 0 Å². The second-order valence-electron chi connectivity index (χ2n) is 10.0. The minimum absolute atomic E-state index is 0.112. The summed E-state index contributed by atoms with van der Waals surface area (Å²) in [5.41, 5.74) is 4.98. The average molecular weight is 505 g/mol. The molecule has 1 amide bonds. The molecule has 7 nitrogen and oxygen atoms in total. The van der Waals surface area contributed by atoms with Crippen molar-refractivity contribution in [1.29, 1.82) is 0 Å². The molecule has 0 radical (unpaired) electrons. The molecule has 0 bridgehead atoms. The molecule has 0 aliphatic carbocycles. The molecule has 3 aromatic carbocycles. The predicted octanol–water partition coefficient (Wildman–Crippen LogP) is 5.49. The third kappa shape index (κ3) is 4.38. The lowest BCUT2D eigenvalue weighted by Crippen LogP contribution is -2.38. The van der Waals surface area contributed by atoms with Crippen LogP contribution in [0.2, 0.25) is 0 Å². The molecular weight excluding hydrogens is 472 g/mol. The largest absolute Gasteiger partial charge is 0.340 e. The number of anilines is 1. The summed E-state index contributed by atoms with van der Waals surface area (Å²) in [7, 11) is 0. The van der Waals surface area contributed by atoms with Gasteiger partial charge in [-0.15, -0.1) is 10.2 Å². The quantitative estimate of drug-likeness (QED) is 0.317. The maximum absolute atomic E-state index is 13.6. The lowest BCUT2D eigenvalue weighted by molar-refractivity contribution is -0.132. The van der Waals surface area contributed by atoms with Gasteiger partial charge >= 0.3 is 0 Å². The fourth-order valence-corrected chi connectivity index (χ4v) is 5.46. The van der Waals surface area contributed by atoms with E-state index >= 15 is 0 Å². The van der Waals surface area contributed by atoms with Crippen LogP contribution < -0.4 is 4.90 Å². The van der Waals surface area contributed by atoms with Crippen LogP contribution >= 0.6 is 0 Å². The first-order valence-electron chi connectivity index (χ1n) is 13.4. The molecule has 38 heavy (non-hydrogen) atoms. The SMILES string of the molecule is CC[C@@H](C(=O)N1CCCN(c2nc3ccccc3c3nnc(-c4ccc(C)cc4)n23)CC1)c1ccccc1. The van der Waals surface area contributed by atoms with Crippen LogP contribution in [0.1, 0.15) is 36.8 Å². The number of fused-ring (bicyclic) bond motifs is 3. The number of rotatable bonds is 5. The summed E-state index contributed by atoms with van der Waals surface area (Å²) in [4.78, 5) is 23.0. The normalized spacial score (nSPS) is 15.1. The standard InChI is InChI=1S/C31H32N6O/c1-3-25(23-10-5-4-6-11-23)30(38)35-18-9-19-36(21-20-35)31-32-27-13-8-7-12-26(27)29-34-33-28(37(29)31)24-16-14-22(2)15-17-24/h4-8,10-17,25H,3,9,18-21H2,1-2H3/t25-/m1/s1. The molecular formula is C31H32N6O. The summed E-state index contributed by atoms with van der Waals surface area (Å²) in [5, 5.41) is 10.2. The van der Waals surface area contributed by atoms with Crippen LogP contribution in [0.5, 0.6) is 0 Å². The van der Waals surface area contributed by atoms with Gasteiger partial charge in [-0.2, -0.15) is 0 Å². The Hall–Kier alpha value is -4.26. The molecule has 5 aromatic rings. The summed E-state index contributed by atoms with van der Waals surface area (Å²) < 4.78 is 2.09. The smallest absolute Gasteiger partial charge is 0.230 e. The Labute approximate surface area is 222 Å². The Morgan fingerprint density at radius 2 is 1.63 bits per heavy atom. The van der Waals surface area contributed by atoms with Crippen molar-refractivity contribution < 1.29 is 4.79 Å². The van der Waals surface area contributed by atoms with Gasteiger partial charge in [-0.3, -0.25) is 4.79 Å². The van der Waals surface area contributed by atoms with E-state index in [4.69, 9.17) is 4.98 Å². The van der Waals surface area contributed by atoms with Gasteiger partial charge in [0, 0.05) is 37.1 Å². The van der Waals surface area contributed by atoms with Gasteiger partial charge < -0.3 is 9.80 Å². The second-order valence-corrected chi connectivity index (χ2v) is 10.0. The van der Waals surface area contributed by atoms with E-state index in [1.54, 1.807) is 0 Å². The first kappa shape index (κ1) is 24.1. The van der Waals surface area contributed by atoms with E-state index < -0.39 is 0 Å². The summed E-state index contributed by atoms with van der Waals surface area (Å²) in [5.74, 6) is 1.70. The van der Waals surface area contributed by atoms with Crippen LogP contribution in [0.25, 0.3) is 27.9 Å². The van der Waals surface area contributed by atoms with Crippen LogP contribution in [0.3, 0.4) is 0 Å². The van der Waals surface area contributed by atoms with Gasteiger partial charge in [-0.05, 0) is 37.5 Å². The van der Waals surface area contributed by atoms with E-state index in [9.17, 15) is 4.79 Å². The number of benzene rings is 3. The highest BCUT2D eigenvalue weighted by molar-refractivity contribution is 5.93. The molecule has 192 valence electrons. The first-order chi connectivity index (χ1) is 18.6. The van der Waals surface area contributed by atoms with E-state index in [-0.39, 0.29) is 11.8 Å². The van der Waals surface area contributed by atoms with Crippen molar-refractivity contribution in [3.8, 4) is 11.4 Å². The van der Waals surface area contributed by atoms with Crippen LogP contribution in [-0.2, 0) is 4.79 Å². The summed E-state index contributed by atoms with van der Waals surface area (Å²) in [6, 6.07) is 26.6. The molecule has 0 saturated carbocycles. The molecule has 7 heteroatoms. The number of hydrogen-bond acceptors (Lipinski definition) is 5. The van der Waals surface area contributed by atoms with Crippen molar-refractivity contribution in [3.63, 3.8) is 0 Å². The third-order valence-electron chi connectivity index (χ3n) is 7.54. The van der Waals surface area contributed by atoms with Crippen LogP contribution in [0, 0.1) is 6.92 Å². The topological polar surface area (TPSA) is 66.6 Å². The first-order valence-corrected chi connectivity index (χ1v) is 13.4. The van der Waals surface area contributed by atoms with E-state index in [2.05, 4.69) is 69.7 Å². The molecule has 3 heterocycles. The van der Waals surface area contributed by atoms with Gasteiger partial charge in [0.2, 0.25) is 11.9 Å². The highest BCUT2D eigenvalue weighted by atomic mass is 16.2. The Bertz CT molecular complexity index is 1580. The monoisotopic (exact) mass is 504 g/mol. The zero-order valence-electron chi connectivity index (χ0n) is 21.9. The third-order valence-corrected chi connectivity index (χ3v) is 7.54. The van der Waals surface area contributed by atoms with E-state index in [1.807, 2.05) is 47.4 Å². The van der Waals surface area contributed by atoms with Gasteiger partial charge in [0.25, 0.3) is 0 Å². The minimum atomic E-state index is -0.112. The summed E-state index contributed by atoms with van der Waals surface area (Å²) in [6.07, 6.45) is 1.66. The molecule has 1 saturated heterocycles. The average Bonchev–Trinajstić information content (AvgIpc) is 3.25. The van der Waals surface area contributed by atoms with Crippen molar-refractivity contribution in [2.45, 2.75) is 32.6 Å². The van der Waals surface area contributed by atoms with Crippen molar-refractivity contribution in [1.82, 2.24) is 24.5 Å². The molecule has 6 rings (SSSR count). The lowest BCUT2D eigenvalue weighted by Gasteiger charge is -2.27. The molecule has 1 aliphatic rings. The van der Waals surface area contributed by atoms with E-state index in [1.165, 1.54) is 5.56 Å². The zero-order chi connectivity index (χ0) is 26.1. The number of carbonyl (C=O) groups excluding carboxylic acids is 1. The number of aromatic nitrogens is 4. The summed E-state index contributed by atoms with van der Waals surface area (Å²) in [6.45, 7) is 7.06. The summed E-state index contributed by atoms with van der Waals surface area (Å²) >= 11 is 0. The maximum Gasteiger partial charge on any atom is 0.230 e. The molecule has 1 fully saturated rings. The van der Waals surface area contributed by atoms with E-state index in [0.717, 1.165) is 65.4 Å². The molecule has 1 atom stereocenters. The second kappa shape index (κ2) is 10.2. The fourth-order valence-electron chi connectivity index (χ4n) is 5.46. The van der Waals surface area contributed by atoms with Crippen LogP contribution in [0.4, 0.5) is 5.95 Å². The molecule has 0 N–H and O–H groups in total. The number of amides is 1. The highest BCUT2D eigenvalue weighted by Gasteiger charge is 2.28. The molecule has 0 unspecified atom stereocenters.